The second-order valence-electron chi connectivity index (χ2n) is 7.00. The largest absolute Gasteiger partial charge is 0.489 e. The Morgan fingerprint density at radius 2 is 1.86 bits per heavy atom. The number of likely N-dealkylation sites (N-methyl/N-ethyl adjacent to an activating group) is 1. The summed E-state index contributed by atoms with van der Waals surface area (Å²) in [7, 11) is 1.54. The average Bonchev–Trinajstić information content (AvgIpc) is 3.31. The molecule has 3 aromatic rings. The predicted octanol–water partition coefficient (Wildman–Crippen LogP) is 4.71. The van der Waals surface area contributed by atoms with Gasteiger partial charge >= 0.3 is 0 Å². The monoisotopic (exact) mass is 406 g/mol. The number of anilines is 1. The minimum absolute atomic E-state index is 0.110. The van der Waals surface area contributed by atoms with Crippen LogP contribution in [-0.2, 0) is 11.4 Å². The highest BCUT2D eigenvalue weighted by atomic mass is 32.1. The Balaban J connectivity index is 1.55. The van der Waals surface area contributed by atoms with Gasteiger partial charge in [-0.1, -0.05) is 42.5 Å². The number of carbonyl (C=O) groups is 1. The number of hydrogen-bond donors (Lipinski definition) is 1. The van der Waals surface area contributed by atoms with Gasteiger partial charge in [0.25, 0.3) is 5.91 Å². The molecule has 0 unspecified atom stereocenters. The number of nitrogens with zero attached hydrogens (tertiary/aromatic N) is 2. The molecule has 0 saturated carbocycles. The van der Waals surface area contributed by atoms with Crippen molar-refractivity contribution in [1.29, 1.82) is 0 Å². The second-order valence-corrected chi connectivity index (χ2v) is 7.89. The zero-order chi connectivity index (χ0) is 20.4. The minimum Gasteiger partial charge on any atom is -0.489 e. The van der Waals surface area contributed by atoms with Crippen LogP contribution in [0, 0.1) is 6.92 Å². The van der Waals surface area contributed by atoms with Crippen molar-refractivity contribution < 1.29 is 14.7 Å². The maximum absolute atomic E-state index is 13.1. The normalized spacial score (nSPS) is 13.9. The number of hydroxylamine groups is 2. The first-order valence-electron chi connectivity index (χ1n) is 9.33. The first-order valence-corrected chi connectivity index (χ1v) is 10.2. The van der Waals surface area contributed by atoms with E-state index in [2.05, 4.69) is 0 Å². The van der Waals surface area contributed by atoms with Crippen LogP contribution in [0.15, 0.2) is 71.7 Å². The Labute approximate surface area is 174 Å². The van der Waals surface area contributed by atoms with E-state index in [9.17, 15) is 10.0 Å². The Kier molecular flexibility index (Phi) is 5.38. The van der Waals surface area contributed by atoms with Gasteiger partial charge in [-0.25, -0.2) is 0 Å². The van der Waals surface area contributed by atoms with Gasteiger partial charge in [-0.15, -0.1) is 11.3 Å². The van der Waals surface area contributed by atoms with Crippen LogP contribution < -0.4 is 9.64 Å². The third-order valence-corrected chi connectivity index (χ3v) is 5.89. The highest BCUT2D eigenvalue weighted by molar-refractivity contribution is 7.14. The first-order chi connectivity index (χ1) is 14.0. The van der Waals surface area contributed by atoms with Crippen LogP contribution in [0.1, 0.15) is 16.7 Å². The van der Waals surface area contributed by atoms with Crippen LogP contribution in [0.4, 0.5) is 5.00 Å². The number of benzene rings is 2. The molecule has 5 nitrogen and oxygen atoms in total. The van der Waals surface area contributed by atoms with E-state index in [4.69, 9.17) is 4.74 Å². The van der Waals surface area contributed by atoms with Gasteiger partial charge in [-0.3, -0.25) is 20.0 Å². The van der Waals surface area contributed by atoms with Crippen molar-refractivity contribution >= 4 is 27.8 Å². The van der Waals surface area contributed by atoms with Gasteiger partial charge in [0, 0.05) is 7.05 Å². The van der Waals surface area contributed by atoms with E-state index in [1.165, 1.54) is 11.3 Å². The molecule has 6 heteroatoms. The summed E-state index contributed by atoms with van der Waals surface area (Å²) >= 11 is 1.53. The summed E-state index contributed by atoms with van der Waals surface area (Å²) in [5, 5.41) is 14.0. The maximum atomic E-state index is 13.1. The predicted molar refractivity (Wildman–Crippen MR) is 115 cm³/mol. The lowest BCUT2D eigenvalue weighted by molar-refractivity contribution is -0.112. The topological polar surface area (TPSA) is 53.0 Å². The van der Waals surface area contributed by atoms with E-state index in [1.807, 2.05) is 73.0 Å². The smallest absolute Gasteiger partial charge is 0.261 e. The summed E-state index contributed by atoms with van der Waals surface area (Å²) in [4.78, 5) is 14.8. The van der Waals surface area contributed by atoms with E-state index < -0.39 is 0 Å². The van der Waals surface area contributed by atoms with Crippen molar-refractivity contribution in [3.8, 4) is 5.75 Å². The molecule has 1 N–H and O–H groups in total. The molecule has 148 valence electrons. The van der Waals surface area contributed by atoms with Crippen LogP contribution in [0.2, 0.25) is 0 Å². The molecule has 0 fully saturated rings. The van der Waals surface area contributed by atoms with Crippen molar-refractivity contribution in [1.82, 2.24) is 5.06 Å². The van der Waals surface area contributed by atoms with Crippen molar-refractivity contribution in [2.45, 2.75) is 13.5 Å². The molecule has 1 aliphatic rings. The van der Waals surface area contributed by atoms with Crippen molar-refractivity contribution in [3.63, 3.8) is 0 Å². The van der Waals surface area contributed by atoms with E-state index in [-0.39, 0.29) is 5.91 Å². The molecule has 0 saturated heterocycles. The molecule has 0 spiro atoms. The Hall–Kier alpha value is -3.09. The second kappa shape index (κ2) is 8.11. The number of aryl methyl sites for hydroxylation is 1. The molecule has 0 aliphatic carbocycles. The third kappa shape index (κ3) is 4.04. The van der Waals surface area contributed by atoms with E-state index >= 15 is 0 Å². The highest BCUT2D eigenvalue weighted by Crippen LogP contribution is 2.36. The zero-order valence-electron chi connectivity index (χ0n) is 16.3. The summed E-state index contributed by atoms with van der Waals surface area (Å²) in [5.74, 6) is 0.619. The summed E-state index contributed by atoms with van der Waals surface area (Å²) in [6.07, 6.45) is 0. The average molecular weight is 407 g/mol. The van der Waals surface area contributed by atoms with Gasteiger partial charge in [0.2, 0.25) is 0 Å². The SMILES string of the molecule is Cc1csc(N2CC(N(C)O)=C(c3ccc(OCc4ccccc4)cc3)C2=O)c1. The van der Waals surface area contributed by atoms with E-state index in [1.54, 1.807) is 11.9 Å². The lowest BCUT2D eigenvalue weighted by atomic mass is 10.0. The van der Waals surface area contributed by atoms with Crippen LogP contribution in [0.3, 0.4) is 0 Å². The molecule has 1 amide bonds. The van der Waals surface area contributed by atoms with Crippen LogP contribution in [0.5, 0.6) is 5.75 Å². The first kappa shape index (κ1) is 19.2. The summed E-state index contributed by atoms with van der Waals surface area (Å²) in [6, 6.07) is 19.4. The van der Waals surface area contributed by atoms with Gasteiger partial charge in [0.1, 0.15) is 12.4 Å². The zero-order valence-corrected chi connectivity index (χ0v) is 17.1. The van der Waals surface area contributed by atoms with Crippen LogP contribution in [-0.4, -0.2) is 29.8 Å². The number of hydrogen-bond acceptors (Lipinski definition) is 5. The minimum atomic E-state index is -0.110. The fraction of sp³-hybridized carbons (Fsp3) is 0.174. The molecule has 1 aliphatic heterocycles. The van der Waals surface area contributed by atoms with Gasteiger partial charge in [-0.2, -0.15) is 0 Å². The maximum Gasteiger partial charge on any atom is 0.261 e. The number of carbonyl (C=O) groups excluding carboxylic acids is 1. The Bertz CT molecular complexity index is 1040. The van der Waals surface area contributed by atoms with E-state index in [0.29, 0.717) is 24.4 Å². The molecule has 2 aromatic carbocycles. The molecular weight excluding hydrogens is 384 g/mol. The number of thiophene rings is 1. The van der Waals surface area contributed by atoms with Gasteiger partial charge in [0.05, 0.1) is 22.8 Å². The Morgan fingerprint density at radius 3 is 2.48 bits per heavy atom. The lowest BCUT2D eigenvalue weighted by Gasteiger charge is -2.16. The number of ether oxygens (including phenoxy) is 1. The van der Waals surface area contributed by atoms with Gasteiger partial charge in [0.15, 0.2) is 0 Å². The van der Waals surface area contributed by atoms with Gasteiger partial charge < -0.3 is 4.74 Å². The molecule has 29 heavy (non-hydrogen) atoms. The van der Waals surface area contributed by atoms with Crippen molar-refractivity contribution in [2.24, 2.45) is 0 Å². The Morgan fingerprint density at radius 1 is 1.14 bits per heavy atom. The summed E-state index contributed by atoms with van der Waals surface area (Å²) < 4.78 is 5.83. The van der Waals surface area contributed by atoms with Crippen molar-refractivity contribution in [2.75, 3.05) is 18.5 Å². The number of rotatable bonds is 6. The van der Waals surface area contributed by atoms with Crippen molar-refractivity contribution in [3.05, 3.63) is 88.4 Å². The molecule has 0 radical (unpaired) electrons. The summed E-state index contributed by atoms with van der Waals surface area (Å²) in [5.41, 5.74) is 4.06. The highest BCUT2D eigenvalue weighted by Gasteiger charge is 2.34. The van der Waals surface area contributed by atoms with Crippen LogP contribution in [0.25, 0.3) is 5.57 Å². The fourth-order valence-corrected chi connectivity index (χ4v) is 4.21. The van der Waals surface area contributed by atoms with Gasteiger partial charge in [-0.05, 0) is 47.2 Å². The van der Waals surface area contributed by atoms with E-state index in [0.717, 1.165) is 32.5 Å². The molecule has 0 atom stereocenters. The third-order valence-electron chi connectivity index (χ3n) is 4.82. The van der Waals surface area contributed by atoms with Crippen LogP contribution >= 0.6 is 11.3 Å². The standard InChI is InChI=1S/C23H22N2O3S/c1-16-12-21(29-15-16)25-13-20(24(2)27)22(23(25)26)18-8-10-19(11-9-18)28-14-17-6-4-3-5-7-17/h3-12,15,27H,13-14H2,1-2H3. The summed E-state index contributed by atoms with van der Waals surface area (Å²) in [6.45, 7) is 2.83. The fourth-order valence-electron chi connectivity index (χ4n) is 3.31. The molecular formula is C23H22N2O3S. The number of amides is 1. The molecule has 2 heterocycles. The lowest BCUT2D eigenvalue weighted by Crippen LogP contribution is -2.27. The molecule has 0 bridgehead atoms. The molecule has 1 aromatic heterocycles. The quantitative estimate of drug-likeness (QED) is 0.602. The molecule has 4 rings (SSSR count).